The molecule has 0 aliphatic carbocycles. The van der Waals surface area contributed by atoms with Crippen molar-refractivity contribution in [3.05, 3.63) is 36.8 Å². The first-order chi connectivity index (χ1) is 10.9. The van der Waals surface area contributed by atoms with Crippen LogP contribution < -0.4 is 5.32 Å². The topological polar surface area (TPSA) is 53.9 Å². The lowest BCUT2D eigenvalue weighted by Crippen LogP contribution is -2.31. The van der Waals surface area contributed by atoms with Gasteiger partial charge in [-0.05, 0) is 51.0 Å². The third kappa shape index (κ3) is 4.24. The number of aromatic nitrogens is 3. The van der Waals surface area contributed by atoms with E-state index in [0.717, 1.165) is 30.2 Å². The lowest BCUT2D eigenvalue weighted by Gasteiger charge is -2.26. The van der Waals surface area contributed by atoms with Crippen molar-refractivity contribution in [2.24, 2.45) is 0 Å². The molecule has 0 amide bonds. The molecule has 1 N–H and O–H groups in total. The Hall–Kier alpha value is -2.01. The third-order valence-corrected chi connectivity index (χ3v) is 3.99. The summed E-state index contributed by atoms with van der Waals surface area (Å²) < 4.78 is 0. The molecule has 0 bridgehead atoms. The summed E-state index contributed by atoms with van der Waals surface area (Å²) in [5.74, 6) is 0.832. The molecule has 0 radical (unpaired) electrons. The summed E-state index contributed by atoms with van der Waals surface area (Å²) in [4.78, 5) is 15.7. The van der Waals surface area contributed by atoms with Crippen LogP contribution in [-0.2, 0) is 0 Å². The van der Waals surface area contributed by atoms with Gasteiger partial charge in [0.05, 0.1) is 18.1 Å². The molecule has 1 saturated heterocycles. The second-order valence-corrected chi connectivity index (χ2v) is 5.68. The molecule has 0 saturated carbocycles. The van der Waals surface area contributed by atoms with E-state index in [-0.39, 0.29) is 0 Å². The van der Waals surface area contributed by atoms with Crippen LogP contribution in [0.4, 0.5) is 5.82 Å². The Morgan fingerprint density at radius 1 is 0.955 bits per heavy atom. The van der Waals surface area contributed by atoms with Gasteiger partial charge in [-0.15, -0.1) is 0 Å². The maximum absolute atomic E-state index is 4.42. The molecule has 2 aromatic rings. The Kier molecular flexibility index (Phi) is 5.32. The van der Waals surface area contributed by atoms with Crippen LogP contribution in [0.1, 0.15) is 25.7 Å². The highest BCUT2D eigenvalue weighted by Gasteiger charge is 2.08. The van der Waals surface area contributed by atoms with E-state index in [9.17, 15) is 0 Å². The minimum atomic E-state index is 0.805. The van der Waals surface area contributed by atoms with Gasteiger partial charge in [0, 0.05) is 12.7 Å². The Labute approximate surface area is 131 Å². The van der Waals surface area contributed by atoms with Gasteiger partial charge in [0.1, 0.15) is 11.5 Å². The van der Waals surface area contributed by atoms with Crippen LogP contribution in [0, 0.1) is 0 Å². The van der Waals surface area contributed by atoms with Gasteiger partial charge < -0.3 is 10.2 Å². The molecule has 22 heavy (non-hydrogen) atoms. The van der Waals surface area contributed by atoms with Crippen molar-refractivity contribution < 1.29 is 0 Å². The van der Waals surface area contributed by atoms with Crippen molar-refractivity contribution in [3.63, 3.8) is 0 Å². The molecule has 2 aromatic heterocycles. The average molecular weight is 297 g/mol. The molecular weight excluding hydrogens is 274 g/mol. The molecule has 1 aliphatic rings. The summed E-state index contributed by atoms with van der Waals surface area (Å²) >= 11 is 0. The minimum absolute atomic E-state index is 0.805. The molecule has 5 nitrogen and oxygen atoms in total. The number of hydrogen-bond acceptors (Lipinski definition) is 5. The highest BCUT2D eigenvalue weighted by molar-refractivity contribution is 5.53. The van der Waals surface area contributed by atoms with E-state index in [1.165, 1.54) is 38.9 Å². The molecule has 1 aliphatic heterocycles. The average Bonchev–Trinajstić information content (AvgIpc) is 2.61. The number of pyridine rings is 1. The molecule has 5 heteroatoms. The van der Waals surface area contributed by atoms with Crippen LogP contribution in [-0.4, -0.2) is 46.0 Å². The fourth-order valence-corrected chi connectivity index (χ4v) is 2.77. The number of anilines is 1. The van der Waals surface area contributed by atoms with Gasteiger partial charge in [-0.1, -0.05) is 12.5 Å². The molecule has 0 atom stereocenters. The standard InChI is InChI=1S/C17H23N5/c1-4-10-22(11-5-1)12-6-9-19-17-14-20-16(13-21-17)15-7-2-3-8-18-15/h2-3,7-8,13-14H,1,4-6,9-12H2,(H,19,21). The Bertz CT molecular complexity index is 549. The number of nitrogens with zero attached hydrogens (tertiary/aromatic N) is 4. The van der Waals surface area contributed by atoms with Gasteiger partial charge in [0.2, 0.25) is 0 Å². The van der Waals surface area contributed by atoms with Gasteiger partial charge in [-0.2, -0.15) is 0 Å². The summed E-state index contributed by atoms with van der Waals surface area (Å²) in [5.41, 5.74) is 1.66. The van der Waals surface area contributed by atoms with Gasteiger partial charge in [-0.25, -0.2) is 9.97 Å². The monoisotopic (exact) mass is 297 g/mol. The zero-order valence-electron chi connectivity index (χ0n) is 12.9. The zero-order chi connectivity index (χ0) is 15.0. The van der Waals surface area contributed by atoms with Crippen molar-refractivity contribution in [1.29, 1.82) is 0 Å². The second kappa shape index (κ2) is 7.84. The van der Waals surface area contributed by atoms with Crippen molar-refractivity contribution in [3.8, 4) is 11.4 Å². The van der Waals surface area contributed by atoms with E-state index < -0.39 is 0 Å². The van der Waals surface area contributed by atoms with E-state index in [0.29, 0.717) is 0 Å². The lowest BCUT2D eigenvalue weighted by atomic mass is 10.1. The first-order valence-electron chi connectivity index (χ1n) is 8.11. The van der Waals surface area contributed by atoms with Crippen molar-refractivity contribution in [2.75, 3.05) is 31.5 Å². The zero-order valence-corrected chi connectivity index (χ0v) is 12.9. The maximum atomic E-state index is 4.42. The van der Waals surface area contributed by atoms with Crippen LogP contribution in [0.3, 0.4) is 0 Å². The molecule has 0 spiro atoms. The van der Waals surface area contributed by atoms with E-state index >= 15 is 0 Å². The summed E-state index contributed by atoms with van der Waals surface area (Å²) in [5, 5.41) is 3.34. The number of rotatable bonds is 6. The van der Waals surface area contributed by atoms with E-state index in [4.69, 9.17) is 0 Å². The van der Waals surface area contributed by atoms with Gasteiger partial charge in [0.25, 0.3) is 0 Å². The van der Waals surface area contributed by atoms with Crippen LogP contribution in [0.5, 0.6) is 0 Å². The summed E-state index contributed by atoms with van der Waals surface area (Å²) in [6.45, 7) is 4.64. The molecule has 3 heterocycles. The number of hydrogen-bond donors (Lipinski definition) is 1. The minimum Gasteiger partial charge on any atom is -0.369 e. The number of piperidine rings is 1. The van der Waals surface area contributed by atoms with Crippen LogP contribution in [0.25, 0.3) is 11.4 Å². The van der Waals surface area contributed by atoms with Crippen molar-refractivity contribution >= 4 is 5.82 Å². The first kappa shape index (κ1) is 14.9. The number of likely N-dealkylation sites (tertiary alicyclic amines) is 1. The third-order valence-electron chi connectivity index (χ3n) is 3.99. The van der Waals surface area contributed by atoms with Crippen LogP contribution in [0.15, 0.2) is 36.8 Å². The van der Waals surface area contributed by atoms with Gasteiger partial charge >= 0.3 is 0 Å². The van der Waals surface area contributed by atoms with Crippen molar-refractivity contribution in [2.45, 2.75) is 25.7 Å². The first-order valence-corrected chi connectivity index (χ1v) is 8.11. The summed E-state index contributed by atoms with van der Waals surface area (Å²) in [6, 6.07) is 5.79. The van der Waals surface area contributed by atoms with Crippen LogP contribution >= 0.6 is 0 Å². The molecule has 116 valence electrons. The molecule has 0 unspecified atom stereocenters. The quantitative estimate of drug-likeness (QED) is 0.831. The van der Waals surface area contributed by atoms with E-state index in [2.05, 4.69) is 25.2 Å². The Morgan fingerprint density at radius 3 is 2.59 bits per heavy atom. The highest BCUT2D eigenvalue weighted by atomic mass is 15.1. The van der Waals surface area contributed by atoms with Crippen molar-refractivity contribution in [1.82, 2.24) is 19.9 Å². The second-order valence-electron chi connectivity index (χ2n) is 5.68. The molecule has 3 rings (SSSR count). The normalized spacial score (nSPS) is 15.6. The predicted octanol–water partition coefficient (Wildman–Crippen LogP) is 2.83. The summed E-state index contributed by atoms with van der Waals surface area (Å²) in [6.07, 6.45) is 10.6. The Morgan fingerprint density at radius 2 is 1.86 bits per heavy atom. The van der Waals surface area contributed by atoms with Gasteiger partial charge in [0.15, 0.2) is 0 Å². The van der Waals surface area contributed by atoms with Gasteiger partial charge in [-0.3, -0.25) is 4.98 Å². The maximum Gasteiger partial charge on any atom is 0.144 e. The molecule has 0 aromatic carbocycles. The predicted molar refractivity (Wildman–Crippen MR) is 88.7 cm³/mol. The fourth-order valence-electron chi connectivity index (χ4n) is 2.77. The Balaban J connectivity index is 1.43. The number of nitrogens with one attached hydrogen (secondary N) is 1. The highest BCUT2D eigenvalue weighted by Crippen LogP contribution is 2.13. The molecule has 1 fully saturated rings. The fraction of sp³-hybridized carbons (Fsp3) is 0.471. The molecular formula is C17H23N5. The van der Waals surface area contributed by atoms with E-state index in [1.54, 1.807) is 18.6 Å². The summed E-state index contributed by atoms with van der Waals surface area (Å²) in [7, 11) is 0. The van der Waals surface area contributed by atoms with E-state index in [1.807, 2.05) is 18.2 Å². The lowest BCUT2D eigenvalue weighted by molar-refractivity contribution is 0.228. The SMILES string of the molecule is c1ccc(-c2cnc(NCCCN3CCCCC3)cn2)nc1. The smallest absolute Gasteiger partial charge is 0.144 e. The largest absolute Gasteiger partial charge is 0.369 e. The van der Waals surface area contributed by atoms with Crippen LogP contribution in [0.2, 0.25) is 0 Å².